The summed E-state index contributed by atoms with van der Waals surface area (Å²) in [5.74, 6) is 0. The van der Waals surface area contributed by atoms with Crippen LogP contribution < -0.4 is 4.90 Å². The number of hydrogen-bond donors (Lipinski definition) is 0. The van der Waals surface area contributed by atoms with Gasteiger partial charge in [-0.05, 0) is 66.6 Å². The first-order valence-electron chi connectivity index (χ1n) is 12.8. The van der Waals surface area contributed by atoms with E-state index in [4.69, 9.17) is 1.37 Å². The highest BCUT2D eigenvalue weighted by molar-refractivity contribution is 5.92. The lowest BCUT2D eigenvalue weighted by molar-refractivity contribution is 0.552. The zero-order chi connectivity index (χ0) is 25.0. The van der Waals surface area contributed by atoms with Crippen LogP contribution in [-0.4, -0.2) is 5.54 Å². The molecule has 34 heavy (non-hydrogen) atoms. The Hall–Kier alpha value is -3.32. The van der Waals surface area contributed by atoms with Crippen molar-refractivity contribution in [2.24, 2.45) is 0 Å². The smallest absolute Gasteiger partial charge is 0.0496 e. The number of hydrogen-bond acceptors (Lipinski definition) is 1. The van der Waals surface area contributed by atoms with Gasteiger partial charge in [0, 0.05) is 29.3 Å². The molecule has 0 aromatic heterocycles. The fourth-order valence-electron chi connectivity index (χ4n) is 5.68. The van der Waals surface area contributed by atoms with Gasteiger partial charge in [0.2, 0.25) is 0 Å². The van der Waals surface area contributed by atoms with Crippen molar-refractivity contribution in [1.82, 2.24) is 0 Å². The SMILES string of the molecule is [2H]C(C)c1ccc2c(c1N(c1ccccc1-c1ccccc1)C(C)(C)C)C(C)(C)c1ccccc1-2. The highest BCUT2D eigenvalue weighted by atomic mass is 15.2. The van der Waals surface area contributed by atoms with E-state index in [-0.39, 0.29) is 17.4 Å². The number of nitrogens with zero attached hydrogens (tertiary/aromatic N) is 1. The van der Waals surface area contributed by atoms with E-state index in [9.17, 15) is 0 Å². The van der Waals surface area contributed by atoms with Gasteiger partial charge < -0.3 is 4.90 Å². The molecule has 0 fully saturated rings. The van der Waals surface area contributed by atoms with Crippen LogP contribution in [-0.2, 0) is 11.8 Å². The van der Waals surface area contributed by atoms with Crippen LogP contribution >= 0.6 is 0 Å². The molecule has 4 aromatic carbocycles. The third-order valence-corrected chi connectivity index (χ3v) is 7.16. The number of fused-ring (bicyclic) bond motifs is 3. The van der Waals surface area contributed by atoms with Gasteiger partial charge in [0.15, 0.2) is 0 Å². The molecule has 0 N–H and O–H groups in total. The number of benzene rings is 4. The molecule has 0 saturated carbocycles. The number of rotatable bonds is 4. The number of para-hydroxylation sites is 1. The van der Waals surface area contributed by atoms with E-state index in [1.807, 2.05) is 6.92 Å². The minimum atomic E-state index is -0.344. The molecule has 1 heteroatoms. The van der Waals surface area contributed by atoms with Crippen molar-refractivity contribution in [2.45, 2.75) is 58.9 Å². The van der Waals surface area contributed by atoms with E-state index >= 15 is 0 Å². The largest absolute Gasteiger partial charge is 0.335 e. The summed E-state index contributed by atoms with van der Waals surface area (Å²) in [6.45, 7) is 13.5. The summed E-state index contributed by atoms with van der Waals surface area (Å²) in [4.78, 5) is 2.50. The molecule has 1 unspecified atom stereocenters. The van der Waals surface area contributed by atoms with E-state index in [0.717, 1.165) is 5.56 Å². The Labute approximate surface area is 206 Å². The Kier molecular flexibility index (Phi) is 5.10. The maximum atomic E-state index is 8.86. The van der Waals surface area contributed by atoms with Crippen LogP contribution in [0, 0.1) is 0 Å². The average Bonchev–Trinajstić information content (AvgIpc) is 3.06. The molecule has 1 aliphatic carbocycles. The van der Waals surface area contributed by atoms with Crippen LogP contribution in [0.5, 0.6) is 0 Å². The maximum absolute atomic E-state index is 8.86. The molecule has 172 valence electrons. The van der Waals surface area contributed by atoms with Crippen LogP contribution in [0.3, 0.4) is 0 Å². The van der Waals surface area contributed by atoms with Gasteiger partial charge in [0.05, 0.1) is 0 Å². The molecule has 0 spiro atoms. The summed E-state index contributed by atoms with van der Waals surface area (Å²) in [6, 6.07) is 32.6. The standard InChI is InChI=1S/C33H35N/c1-7-23-21-22-27-26-18-11-13-19-28(26)33(5,6)30(27)31(23)34(32(2,3)4)29-20-14-12-17-25(29)24-15-9-8-10-16-24/h8-22H,7H2,1-6H3/i7D. The summed E-state index contributed by atoms with van der Waals surface area (Å²) >= 11 is 0. The first kappa shape index (κ1) is 21.2. The highest BCUT2D eigenvalue weighted by Crippen LogP contribution is 2.55. The molecule has 0 heterocycles. The average molecular weight is 447 g/mol. The van der Waals surface area contributed by atoms with Crippen molar-refractivity contribution in [3.63, 3.8) is 0 Å². The molecule has 1 atom stereocenters. The third-order valence-electron chi connectivity index (χ3n) is 7.16. The molecular formula is C33H35N. The van der Waals surface area contributed by atoms with Crippen molar-refractivity contribution >= 4 is 11.4 Å². The van der Waals surface area contributed by atoms with Gasteiger partial charge in [-0.2, -0.15) is 0 Å². The van der Waals surface area contributed by atoms with E-state index in [2.05, 4.69) is 131 Å². The molecular weight excluding hydrogens is 410 g/mol. The second-order valence-electron chi connectivity index (χ2n) is 10.8. The van der Waals surface area contributed by atoms with Gasteiger partial charge in [-0.15, -0.1) is 0 Å². The van der Waals surface area contributed by atoms with Crippen LogP contribution in [0.2, 0.25) is 0 Å². The lowest BCUT2D eigenvalue weighted by Gasteiger charge is -2.43. The highest BCUT2D eigenvalue weighted by Gasteiger charge is 2.41. The molecule has 0 saturated heterocycles. The summed E-state index contributed by atoms with van der Waals surface area (Å²) in [6.07, 6.45) is -0.344. The summed E-state index contributed by atoms with van der Waals surface area (Å²) in [7, 11) is 0. The molecule has 0 aliphatic heterocycles. The second kappa shape index (κ2) is 8.17. The fraction of sp³-hybridized carbons (Fsp3) is 0.273. The first-order valence-corrected chi connectivity index (χ1v) is 12.3. The van der Waals surface area contributed by atoms with Gasteiger partial charge in [-0.25, -0.2) is 0 Å². The summed E-state index contributed by atoms with van der Waals surface area (Å²) in [5.41, 5.74) is 10.7. The lowest BCUT2D eigenvalue weighted by Crippen LogP contribution is -2.40. The zero-order valence-electron chi connectivity index (χ0n) is 22.2. The van der Waals surface area contributed by atoms with E-state index in [1.165, 1.54) is 44.8 Å². The Morgan fingerprint density at radius 3 is 2.03 bits per heavy atom. The van der Waals surface area contributed by atoms with Crippen molar-refractivity contribution in [1.29, 1.82) is 0 Å². The molecule has 1 aliphatic rings. The van der Waals surface area contributed by atoms with Crippen molar-refractivity contribution < 1.29 is 1.37 Å². The number of anilines is 2. The minimum absolute atomic E-state index is 0.169. The van der Waals surface area contributed by atoms with Gasteiger partial charge >= 0.3 is 0 Å². The van der Waals surface area contributed by atoms with Gasteiger partial charge in [0.1, 0.15) is 0 Å². The van der Waals surface area contributed by atoms with Crippen LogP contribution in [0.15, 0.2) is 91.0 Å². The molecule has 4 aromatic rings. The van der Waals surface area contributed by atoms with E-state index < -0.39 is 0 Å². The monoisotopic (exact) mass is 446 g/mol. The molecule has 0 radical (unpaired) electrons. The Bertz CT molecular complexity index is 1380. The van der Waals surface area contributed by atoms with Gasteiger partial charge in [-0.3, -0.25) is 0 Å². The first-order chi connectivity index (χ1) is 16.6. The van der Waals surface area contributed by atoms with E-state index in [0.29, 0.717) is 0 Å². The minimum Gasteiger partial charge on any atom is -0.335 e. The molecule has 0 amide bonds. The topological polar surface area (TPSA) is 3.24 Å². The molecule has 1 nitrogen and oxygen atoms in total. The second-order valence-corrected chi connectivity index (χ2v) is 10.8. The predicted octanol–water partition coefficient (Wildman–Crippen LogP) is 9.16. The third kappa shape index (κ3) is 3.46. The normalized spacial score (nSPS) is 15.3. The van der Waals surface area contributed by atoms with Crippen LogP contribution in [0.4, 0.5) is 11.4 Å². The van der Waals surface area contributed by atoms with Crippen molar-refractivity contribution in [2.75, 3.05) is 4.90 Å². The zero-order valence-corrected chi connectivity index (χ0v) is 21.2. The van der Waals surface area contributed by atoms with Crippen molar-refractivity contribution in [3.8, 4) is 22.3 Å². The molecule has 0 bridgehead atoms. The Morgan fingerprint density at radius 1 is 0.735 bits per heavy atom. The van der Waals surface area contributed by atoms with Crippen molar-refractivity contribution in [3.05, 3.63) is 108 Å². The predicted molar refractivity (Wildman–Crippen MR) is 147 cm³/mol. The van der Waals surface area contributed by atoms with E-state index in [1.54, 1.807) is 0 Å². The van der Waals surface area contributed by atoms with Crippen LogP contribution in [0.25, 0.3) is 22.3 Å². The lowest BCUT2D eigenvalue weighted by atomic mass is 9.79. The van der Waals surface area contributed by atoms with Crippen LogP contribution in [0.1, 0.15) is 59.6 Å². The quantitative estimate of drug-likeness (QED) is 0.302. The Morgan fingerprint density at radius 2 is 1.35 bits per heavy atom. The van der Waals surface area contributed by atoms with Gasteiger partial charge in [0.25, 0.3) is 0 Å². The summed E-state index contributed by atoms with van der Waals surface area (Å²) < 4.78 is 8.86. The molecule has 5 rings (SSSR count). The number of aryl methyl sites for hydroxylation is 1. The Balaban J connectivity index is 1.87. The fourth-order valence-corrected chi connectivity index (χ4v) is 5.68. The van der Waals surface area contributed by atoms with Gasteiger partial charge in [-0.1, -0.05) is 106 Å². The summed E-state index contributed by atoms with van der Waals surface area (Å²) in [5, 5.41) is 0. The maximum Gasteiger partial charge on any atom is 0.0496 e.